The molecule has 17 heavy (non-hydrogen) atoms. The molecule has 1 aromatic heterocycles. The molecular weight excluding hydrogens is 329 g/mol. The molecule has 1 aromatic rings. The van der Waals surface area contributed by atoms with Gasteiger partial charge in [-0.15, -0.1) is 24.0 Å². The second kappa shape index (κ2) is 7.52. The Balaban J connectivity index is 0.00000144. The molecule has 0 aliphatic heterocycles. The molecule has 2 N–H and O–H groups in total. The van der Waals surface area contributed by atoms with Crippen molar-refractivity contribution in [3.8, 4) is 0 Å². The number of halogens is 1. The van der Waals surface area contributed by atoms with Crippen molar-refractivity contribution in [2.45, 2.75) is 19.4 Å². The van der Waals surface area contributed by atoms with Crippen LogP contribution in [-0.2, 0) is 6.54 Å². The van der Waals surface area contributed by atoms with Gasteiger partial charge < -0.3 is 15.2 Å². The summed E-state index contributed by atoms with van der Waals surface area (Å²) >= 11 is 0. The molecule has 1 fully saturated rings. The van der Waals surface area contributed by atoms with Crippen LogP contribution in [0.5, 0.6) is 0 Å². The Kier molecular flexibility index (Phi) is 6.31. The first-order valence-electron chi connectivity index (χ1n) is 5.79. The number of guanidine groups is 1. The van der Waals surface area contributed by atoms with Gasteiger partial charge in [0.05, 0.1) is 6.33 Å². The van der Waals surface area contributed by atoms with Crippen molar-refractivity contribution in [3.05, 3.63) is 18.7 Å². The smallest absolute Gasteiger partial charge is 0.191 e. The first-order chi connectivity index (χ1) is 7.88. The molecule has 1 aliphatic rings. The van der Waals surface area contributed by atoms with Gasteiger partial charge >= 0.3 is 0 Å². The minimum absolute atomic E-state index is 0. The topological polar surface area (TPSA) is 54.2 Å². The monoisotopic (exact) mass is 349 g/mol. The van der Waals surface area contributed by atoms with Crippen molar-refractivity contribution >= 4 is 29.9 Å². The van der Waals surface area contributed by atoms with E-state index in [0.29, 0.717) is 0 Å². The maximum Gasteiger partial charge on any atom is 0.191 e. The van der Waals surface area contributed by atoms with Crippen LogP contribution in [-0.4, -0.2) is 35.6 Å². The van der Waals surface area contributed by atoms with Crippen LogP contribution in [0.25, 0.3) is 0 Å². The fourth-order valence-electron chi connectivity index (χ4n) is 1.51. The molecule has 0 radical (unpaired) electrons. The first-order valence-corrected chi connectivity index (χ1v) is 5.79. The maximum absolute atomic E-state index is 4.18. The summed E-state index contributed by atoms with van der Waals surface area (Å²) in [5, 5.41) is 6.61. The number of hydrogen-bond donors (Lipinski definition) is 2. The van der Waals surface area contributed by atoms with Crippen molar-refractivity contribution in [1.29, 1.82) is 0 Å². The van der Waals surface area contributed by atoms with Gasteiger partial charge in [-0.25, -0.2) is 4.98 Å². The summed E-state index contributed by atoms with van der Waals surface area (Å²) in [6, 6.07) is 0. The van der Waals surface area contributed by atoms with Crippen molar-refractivity contribution in [1.82, 2.24) is 20.2 Å². The van der Waals surface area contributed by atoms with Crippen LogP contribution < -0.4 is 10.6 Å². The van der Waals surface area contributed by atoms with Crippen molar-refractivity contribution in [2.75, 3.05) is 20.1 Å². The highest BCUT2D eigenvalue weighted by Gasteiger charge is 2.20. The molecular formula is C11H20IN5. The van der Waals surface area contributed by atoms with Gasteiger partial charge in [0.1, 0.15) is 0 Å². The van der Waals surface area contributed by atoms with Gasteiger partial charge in [-0.2, -0.15) is 0 Å². The number of rotatable bonds is 5. The standard InChI is InChI=1S/C11H19N5.HI/c1-12-11(15-8-10-2-3-10)14-5-7-16-6-4-13-9-16;/h4,6,9-10H,2-3,5,7-8H2,1H3,(H2,12,14,15);1H. The van der Waals surface area contributed by atoms with Gasteiger partial charge in [0.15, 0.2) is 5.96 Å². The fourth-order valence-corrected chi connectivity index (χ4v) is 1.51. The third-order valence-corrected chi connectivity index (χ3v) is 2.70. The Morgan fingerprint density at radius 2 is 2.29 bits per heavy atom. The third kappa shape index (κ3) is 5.38. The average Bonchev–Trinajstić information content (AvgIpc) is 2.99. The molecule has 0 aromatic carbocycles. The zero-order valence-electron chi connectivity index (χ0n) is 10.1. The summed E-state index contributed by atoms with van der Waals surface area (Å²) in [5.41, 5.74) is 0. The van der Waals surface area contributed by atoms with E-state index in [4.69, 9.17) is 0 Å². The Morgan fingerprint density at radius 1 is 1.47 bits per heavy atom. The van der Waals surface area contributed by atoms with E-state index in [2.05, 4.69) is 20.6 Å². The van der Waals surface area contributed by atoms with Crippen molar-refractivity contribution in [2.24, 2.45) is 10.9 Å². The minimum Gasteiger partial charge on any atom is -0.356 e. The zero-order chi connectivity index (χ0) is 11.2. The molecule has 1 aliphatic carbocycles. The van der Waals surface area contributed by atoms with E-state index in [0.717, 1.165) is 31.5 Å². The van der Waals surface area contributed by atoms with Crippen LogP contribution in [0.1, 0.15) is 12.8 Å². The lowest BCUT2D eigenvalue weighted by atomic mass is 10.4. The molecule has 96 valence electrons. The minimum atomic E-state index is 0. The molecule has 2 rings (SSSR count). The van der Waals surface area contributed by atoms with E-state index < -0.39 is 0 Å². The summed E-state index contributed by atoms with van der Waals surface area (Å²) in [6.07, 6.45) is 8.29. The van der Waals surface area contributed by atoms with Crippen LogP contribution in [0.2, 0.25) is 0 Å². The molecule has 0 unspecified atom stereocenters. The molecule has 5 nitrogen and oxygen atoms in total. The van der Waals surface area contributed by atoms with Gasteiger partial charge in [0.2, 0.25) is 0 Å². The van der Waals surface area contributed by atoms with E-state index in [9.17, 15) is 0 Å². The van der Waals surface area contributed by atoms with E-state index in [1.54, 1.807) is 13.2 Å². The molecule has 0 atom stereocenters. The lowest BCUT2D eigenvalue weighted by Crippen LogP contribution is -2.39. The van der Waals surface area contributed by atoms with E-state index in [1.807, 2.05) is 17.1 Å². The third-order valence-electron chi connectivity index (χ3n) is 2.70. The first kappa shape index (κ1) is 14.3. The largest absolute Gasteiger partial charge is 0.356 e. The summed E-state index contributed by atoms with van der Waals surface area (Å²) in [7, 11) is 1.81. The van der Waals surface area contributed by atoms with Gasteiger partial charge in [0.25, 0.3) is 0 Å². The lowest BCUT2D eigenvalue weighted by molar-refractivity contribution is 0.656. The summed E-state index contributed by atoms with van der Waals surface area (Å²) in [6.45, 7) is 2.82. The maximum atomic E-state index is 4.18. The molecule has 0 amide bonds. The Bertz CT molecular complexity index is 332. The number of hydrogen-bond acceptors (Lipinski definition) is 2. The highest BCUT2D eigenvalue weighted by atomic mass is 127. The quantitative estimate of drug-likeness (QED) is 0.475. The summed E-state index contributed by atoms with van der Waals surface area (Å²) < 4.78 is 2.04. The van der Waals surface area contributed by atoms with Crippen LogP contribution in [0.15, 0.2) is 23.7 Å². The van der Waals surface area contributed by atoms with Crippen LogP contribution in [0.3, 0.4) is 0 Å². The Labute approximate surface area is 119 Å². The van der Waals surface area contributed by atoms with Gasteiger partial charge in [0, 0.05) is 39.1 Å². The second-order valence-corrected chi connectivity index (χ2v) is 4.12. The zero-order valence-corrected chi connectivity index (χ0v) is 12.4. The Morgan fingerprint density at radius 3 is 2.88 bits per heavy atom. The molecule has 6 heteroatoms. The number of nitrogens with zero attached hydrogens (tertiary/aromatic N) is 3. The predicted octanol–water partition coefficient (Wildman–Crippen LogP) is 1.08. The average molecular weight is 349 g/mol. The predicted molar refractivity (Wildman–Crippen MR) is 79.7 cm³/mol. The van der Waals surface area contributed by atoms with Gasteiger partial charge in [-0.05, 0) is 18.8 Å². The van der Waals surface area contributed by atoms with Gasteiger partial charge in [-0.1, -0.05) is 0 Å². The van der Waals surface area contributed by atoms with Crippen LogP contribution in [0.4, 0.5) is 0 Å². The number of aliphatic imine (C=N–C) groups is 1. The van der Waals surface area contributed by atoms with Crippen molar-refractivity contribution in [3.63, 3.8) is 0 Å². The molecule has 1 heterocycles. The highest BCUT2D eigenvalue weighted by molar-refractivity contribution is 14.0. The Hall–Kier alpha value is -0.790. The van der Waals surface area contributed by atoms with E-state index in [1.165, 1.54) is 12.8 Å². The highest BCUT2D eigenvalue weighted by Crippen LogP contribution is 2.27. The van der Waals surface area contributed by atoms with E-state index in [-0.39, 0.29) is 24.0 Å². The summed E-state index contributed by atoms with van der Waals surface area (Å²) in [5.74, 6) is 1.76. The number of aromatic nitrogens is 2. The van der Waals surface area contributed by atoms with Crippen molar-refractivity contribution < 1.29 is 0 Å². The summed E-state index contributed by atoms with van der Waals surface area (Å²) in [4.78, 5) is 8.17. The van der Waals surface area contributed by atoms with Crippen LogP contribution >= 0.6 is 24.0 Å². The SMILES string of the molecule is CN=C(NCCn1ccnc1)NCC1CC1.I. The fraction of sp³-hybridized carbons (Fsp3) is 0.636. The lowest BCUT2D eigenvalue weighted by Gasteiger charge is -2.11. The number of imidazole rings is 1. The normalized spacial score (nSPS) is 15.2. The van der Waals surface area contributed by atoms with E-state index >= 15 is 0 Å². The van der Waals surface area contributed by atoms with Gasteiger partial charge in [-0.3, -0.25) is 4.99 Å². The second-order valence-electron chi connectivity index (χ2n) is 4.12. The molecule has 0 spiro atoms. The van der Waals surface area contributed by atoms with Crippen LogP contribution in [0, 0.1) is 5.92 Å². The number of nitrogens with one attached hydrogen (secondary N) is 2. The molecule has 1 saturated carbocycles. The molecule has 0 saturated heterocycles. The molecule has 0 bridgehead atoms.